The molecule has 4 heteroatoms. The van der Waals surface area contributed by atoms with Crippen LogP contribution in [0.3, 0.4) is 0 Å². The molecule has 4 nitrogen and oxygen atoms in total. The molecule has 1 fully saturated rings. The predicted octanol–water partition coefficient (Wildman–Crippen LogP) is 3.60. The molecule has 1 heterocycles. The van der Waals surface area contributed by atoms with E-state index in [0.29, 0.717) is 6.54 Å². The second-order valence-corrected chi connectivity index (χ2v) is 6.50. The summed E-state index contributed by atoms with van der Waals surface area (Å²) in [5.41, 5.74) is 4.88. The molecule has 0 unspecified atom stereocenters. The molecule has 2 aromatic carbocycles. The highest BCUT2D eigenvalue weighted by atomic mass is 16.2. The van der Waals surface area contributed by atoms with E-state index in [1.165, 1.54) is 0 Å². The van der Waals surface area contributed by atoms with Crippen LogP contribution < -0.4 is 10.2 Å². The Hall–Kier alpha value is -2.62. The Balaban J connectivity index is 1.75. The van der Waals surface area contributed by atoms with Crippen molar-refractivity contribution in [2.45, 2.75) is 27.2 Å². The molecule has 0 bridgehead atoms. The number of aryl methyl sites for hydroxylation is 3. The molecular weight excluding hydrogens is 300 g/mol. The summed E-state index contributed by atoms with van der Waals surface area (Å²) in [5, 5.41) is 2.98. The molecule has 1 aliphatic rings. The summed E-state index contributed by atoms with van der Waals surface area (Å²) in [4.78, 5) is 26.7. The van der Waals surface area contributed by atoms with Gasteiger partial charge in [-0.2, -0.15) is 0 Å². The highest BCUT2D eigenvalue weighted by Crippen LogP contribution is 2.28. The van der Waals surface area contributed by atoms with Gasteiger partial charge in [0.15, 0.2) is 0 Å². The highest BCUT2D eigenvalue weighted by molar-refractivity contribution is 6.04. The van der Waals surface area contributed by atoms with E-state index in [4.69, 9.17) is 0 Å². The number of carbonyl (C=O) groups is 2. The van der Waals surface area contributed by atoms with Gasteiger partial charge in [0.05, 0.1) is 5.92 Å². The van der Waals surface area contributed by atoms with E-state index in [0.717, 1.165) is 28.1 Å². The van der Waals surface area contributed by atoms with E-state index in [2.05, 4.69) is 5.32 Å². The van der Waals surface area contributed by atoms with E-state index in [1.54, 1.807) is 4.90 Å². The van der Waals surface area contributed by atoms with Gasteiger partial charge in [-0.25, -0.2) is 0 Å². The van der Waals surface area contributed by atoms with Crippen LogP contribution in [-0.2, 0) is 9.59 Å². The Bertz CT molecular complexity index is 798. The Labute approximate surface area is 142 Å². The van der Waals surface area contributed by atoms with Crippen molar-refractivity contribution in [1.29, 1.82) is 0 Å². The Morgan fingerprint density at radius 3 is 2.58 bits per heavy atom. The lowest BCUT2D eigenvalue weighted by Crippen LogP contribution is -2.28. The van der Waals surface area contributed by atoms with Gasteiger partial charge >= 0.3 is 0 Å². The number of nitrogens with one attached hydrogen (secondary N) is 1. The first kappa shape index (κ1) is 16.2. The molecule has 3 rings (SSSR count). The normalized spacial score (nSPS) is 17.2. The van der Waals surface area contributed by atoms with Crippen LogP contribution in [0.5, 0.6) is 0 Å². The molecule has 1 aliphatic heterocycles. The third-order valence-electron chi connectivity index (χ3n) is 4.55. The lowest BCUT2D eigenvalue weighted by atomic mass is 10.1. The quantitative estimate of drug-likeness (QED) is 0.938. The van der Waals surface area contributed by atoms with Crippen LogP contribution in [0.1, 0.15) is 23.1 Å². The van der Waals surface area contributed by atoms with Crippen LogP contribution in [0.4, 0.5) is 11.4 Å². The molecule has 0 radical (unpaired) electrons. The zero-order chi connectivity index (χ0) is 17.3. The number of amides is 2. The number of rotatable bonds is 3. The van der Waals surface area contributed by atoms with Crippen molar-refractivity contribution in [2.24, 2.45) is 5.92 Å². The van der Waals surface area contributed by atoms with E-state index >= 15 is 0 Å². The average molecular weight is 322 g/mol. The maximum Gasteiger partial charge on any atom is 0.229 e. The van der Waals surface area contributed by atoms with Crippen LogP contribution in [0, 0.1) is 26.7 Å². The van der Waals surface area contributed by atoms with Crippen LogP contribution in [0.25, 0.3) is 0 Å². The Morgan fingerprint density at radius 1 is 1.08 bits per heavy atom. The minimum absolute atomic E-state index is 0.00501. The number of anilines is 2. The smallest absolute Gasteiger partial charge is 0.229 e. The summed E-state index contributed by atoms with van der Waals surface area (Å²) >= 11 is 0. The van der Waals surface area contributed by atoms with Crippen molar-refractivity contribution in [3.63, 3.8) is 0 Å². The van der Waals surface area contributed by atoms with Crippen LogP contribution in [0.15, 0.2) is 42.5 Å². The van der Waals surface area contributed by atoms with Crippen LogP contribution >= 0.6 is 0 Å². The summed E-state index contributed by atoms with van der Waals surface area (Å²) in [6.07, 6.45) is 0.255. The number of hydrogen-bond donors (Lipinski definition) is 1. The average Bonchev–Trinajstić information content (AvgIpc) is 2.93. The largest absolute Gasteiger partial charge is 0.326 e. The molecule has 0 aliphatic carbocycles. The molecule has 0 spiro atoms. The molecular formula is C20H22N2O2. The van der Waals surface area contributed by atoms with Gasteiger partial charge in [-0.1, -0.05) is 30.3 Å². The number of carbonyl (C=O) groups excluding carboxylic acids is 2. The fourth-order valence-corrected chi connectivity index (χ4v) is 3.09. The zero-order valence-corrected chi connectivity index (χ0v) is 14.3. The summed E-state index contributed by atoms with van der Waals surface area (Å²) in [6, 6.07) is 13.7. The van der Waals surface area contributed by atoms with Crippen molar-refractivity contribution in [3.05, 3.63) is 59.2 Å². The lowest BCUT2D eigenvalue weighted by molar-refractivity contribution is -0.122. The summed E-state index contributed by atoms with van der Waals surface area (Å²) in [5.74, 6) is -0.407. The van der Waals surface area contributed by atoms with Gasteiger partial charge in [0.2, 0.25) is 11.8 Å². The van der Waals surface area contributed by atoms with E-state index in [9.17, 15) is 9.59 Å². The molecule has 0 aromatic heterocycles. The van der Waals surface area contributed by atoms with E-state index in [1.807, 2.05) is 63.2 Å². The second-order valence-electron chi connectivity index (χ2n) is 6.50. The third-order valence-corrected chi connectivity index (χ3v) is 4.55. The lowest BCUT2D eigenvalue weighted by Gasteiger charge is -2.19. The van der Waals surface area contributed by atoms with Crippen molar-refractivity contribution in [2.75, 3.05) is 16.8 Å². The van der Waals surface area contributed by atoms with Crippen molar-refractivity contribution in [1.82, 2.24) is 0 Å². The maximum atomic E-state index is 12.6. The highest BCUT2D eigenvalue weighted by Gasteiger charge is 2.35. The molecule has 1 atom stereocenters. The minimum Gasteiger partial charge on any atom is -0.326 e. The fourth-order valence-electron chi connectivity index (χ4n) is 3.09. The SMILES string of the molecule is Cc1ccc(C)c(NC(=O)[C@H]2CC(=O)N(c3ccccc3C)C2)c1. The number of hydrogen-bond acceptors (Lipinski definition) is 2. The van der Waals surface area contributed by atoms with E-state index in [-0.39, 0.29) is 24.2 Å². The standard InChI is InChI=1S/C20H22N2O2/c1-13-8-9-14(2)17(10-13)21-20(24)16-11-19(23)22(12-16)18-7-5-4-6-15(18)3/h4-10,16H,11-12H2,1-3H3,(H,21,24)/t16-/m0/s1. The maximum absolute atomic E-state index is 12.6. The summed E-state index contributed by atoms with van der Waals surface area (Å²) in [6.45, 7) is 6.37. The second kappa shape index (κ2) is 6.48. The first-order valence-corrected chi connectivity index (χ1v) is 8.20. The van der Waals surface area contributed by atoms with Crippen LogP contribution in [-0.4, -0.2) is 18.4 Å². The topological polar surface area (TPSA) is 49.4 Å². The van der Waals surface area contributed by atoms with Gasteiger partial charge in [-0.3, -0.25) is 9.59 Å². The number of benzene rings is 2. The first-order valence-electron chi connectivity index (χ1n) is 8.20. The molecule has 0 saturated carbocycles. The molecule has 2 amide bonds. The van der Waals surface area contributed by atoms with Gasteiger partial charge in [0, 0.05) is 24.3 Å². The van der Waals surface area contributed by atoms with Crippen molar-refractivity contribution < 1.29 is 9.59 Å². The van der Waals surface area contributed by atoms with E-state index < -0.39 is 0 Å². The molecule has 24 heavy (non-hydrogen) atoms. The Morgan fingerprint density at radius 2 is 1.83 bits per heavy atom. The molecule has 2 aromatic rings. The van der Waals surface area contributed by atoms with Gasteiger partial charge in [0.25, 0.3) is 0 Å². The minimum atomic E-state index is -0.322. The van der Waals surface area contributed by atoms with Crippen molar-refractivity contribution >= 4 is 23.2 Å². The fraction of sp³-hybridized carbons (Fsp3) is 0.300. The molecule has 124 valence electrons. The number of nitrogens with zero attached hydrogens (tertiary/aromatic N) is 1. The third kappa shape index (κ3) is 3.18. The summed E-state index contributed by atoms with van der Waals surface area (Å²) < 4.78 is 0. The van der Waals surface area contributed by atoms with Crippen molar-refractivity contribution in [3.8, 4) is 0 Å². The van der Waals surface area contributed by atoms with Gasteiger partial charge < -0.3 is 10.2 Å². The molecule has 1 N–H and O–H groups in total. The zero-order valence-electron chi connectivity index (χ0n) is 14.3. The predicted molar refractivity (Wildman–Crippen MR) is 96.2 cm³/mol. The van der Waals surface area contributed by atoms with Gasteiger partial charge in [-0.15, -0.1) is 0 Å². The number of para-hydroxylation sites is 1. The first-order chi connectivity index (χ1) is 11.5. The summed E-state index contributed by atoms with van der Waals surface area (Å²) in [7, 11) is 0. The Kier molecular flexibility index (Phi) is 4.38. The monoisotopic (exact) mass is 322 g/mol. The van der Waals surface area contributed by atoms with Crippen LogP contribution in [0.2, 0.25) is 0 Å². The van der Waals surface area contributed by atoms with Gasteiger partial charge in [-0.05, 0) is 49.6 Å². The molecule has 1 saturated heterocycles. The van der Waals surface area contributed by atoms with Gasteiger partial charge in [0.1, 0.15) is 0 Å².